The van der Waals surface area contributed by atoms with E-state index in [1.54, 1.807) is 7.11 Å². The van der Waals surface area contributed by atoms with E-state index in [4.69, 9.17) is 10.5 Å². The summed E-state index contributed by atoms with van der Waals surface area (Å²) in [6, 6.07) is 8.76. The number of ether oxygens (including phenoxy) is 1. The summed E-state index contributed by atoms with van der Waals surface area (Å²) in [4.78, 5) is 14.2. The van der Waals surface area contributed by atoms with Crippen molar-refractivity contribution in [2.75, 3.05) is 33.3 Å². The molecule has 0 spiro atoms. The Hall–Kier alpha value is -1.30. The Morgan fingerprint density at radius 2 is 2.08 bits per heavy atom. The van der Waals surface area contributed by atoms with Gasteiger partial charge in [-0.05, 0) is 43.0 Å². The molecule has 1 aliphatic heterocycles. The topological polar surface area (TPSA) is 67.6 Å². The molecule has 2 unspecified atom stereocenters. The minimum atomic E-state index is 0. The molecule has 0 aromatic heterocycles. The molecule has 1 aromatic rings. The average Bonchev–Trinajstić information content (AvgIpc) is 2.61. The van der Waals surface area contributed by atoms with Gasteiger partial charge in [0, 0.05) is 32.1 Å². The van der Waals surface area contributed by atoms with Crippen LogP contribution in [-0.4, -0.2) is 50.1 Å². The highest BCUT2D eigenvalue weighted by atomic mass is 35.5. The van der Waals surface area contributed by atoms with Gasteiger partial charge in [0.2, 0.25) is 5.91 Å². The maximum atomic E-state index is 11.7. The molecule has 1 saturated heterocycles. The fourth-order valence-corrected chi connectivity index (χ4v) is 3.37. The van der Waals surface area contributed by atoms with E-state index < -0.39 is 0 Å². The molecule has 0 bridgehead atoms. The number of nitrogens with zero attached hydrogens (tertiary/aromatic N) is 1. The van der Waals surface area contributed by atoms with Gasteiger partial charge < -0.3 is 15.8 Å². The van der Waals surface area contributed by atoms with Crippen LogP contribution >= 0.6 is 12.4 Å². The summed E-state index contributed by atoms with van der Waals surface area (Å²) in [6.45, 7) is 5.53. The molecular formula is C19H32ClN3O2. The van der Waals surface area contributed by atoms with Crippen LogP contribution in [0.25, 0.3) is 0 Å². The van der Waals surface area contributed by atoms with Crippen molar-refractivity contribution in [1.82, 2.24) is 10.2 Å². The summed E-state index contributed by atoms with van der Waals surface area (Å²) in [6.07, 6.45) is 4.04. The Labute approximate surface area is 157 Å². The molecule has 25 heavy (non-hydrogen) atoms. The highest BCUT2D eigenvalue weighted by Crippen LogP contribution is 2.24. The van der Waals surface area contributed by atoms with Crippen molar-refractivity contribution >= 4 is 18.3 Å². The maximum Gasteiger partial charge on any atom is 0.221 e. The third kappa shape index (κ3) is 6.84. The number of amides is 1. The van der Waals surface area contributed by atoms with Crippen LogP contribution in [0.4, 0.5) is 0 Å². The third-order valence-corrected chi connectivity index (χ3v) is 4.85. The quantitative estimate of drug-likeness (QED) is 0.739. The van der Waals surface area contributed by atoms with Gasteiger partial charge in [0.1, 0.15) is 5.75 Å². The molecule has 2 rings (SSSR count). The fraction of sp³-hybridized carbons (Fsp3) is 0.632. The number of carbonyl (C=O) groups is 1. The maximum absolute atomic E-state index is 11.7. The van der Waals surface area contributed by atoms with Crippen LogP contribution in [0.2, 0.25) is 0 Å². The van der Waals surface area contributed by atoms with E-state index in [-0.39, 0.29) is 18.3 Å². The highest BCUT2D eigenvalue weighted by molar-refractivity contribution is 5.85. The molecule has 3 N–H and O–H groups in total. The predicted molar refractivity (Wildman–Crippen MR) is 105 cm³/mol. The number of methoxy groups -OCH3 is 1. The third-order valence-electron chi connectivity index (χ3n) is 4.85. The standard InChI is InChI=1S/C19H31N3O2.ClH/c1-15(16-6-8-18(24-2)9-7-16)14-22-12-4-3-5-17(22)13-21-19(23)10-11-20;/h6-9,15,17H,3-5,10-14,20H2,1-2H3,(H,21,23);1H. The number of halogens is 1. The van der Waals surface area contributed by atoms with Crippen LogP contribution in [0.1, 0.15) is 44.1 Å². The molecule has 0 aliphatic carbocycles. The largest absolute Gasteiger partial charge is 0.497 e. The predicted octanol–water partition coefficient (Wildman–Crippen LogP) is 2.54. The van der Waals surface area contributed by atoms with E-state index in [9.17, 15) is 4.79 Å². The molecule has 6 heteroatoms. The summed E-state index contributed by atoms with van der Waals surface area (Å²) in [5.41, 5.74) is 6.76. The van der Waals surface area contributed by atoms with Crippen molar-refractivity contribution in [2.45, 2.75) is 44.6 Å². The van der Waals surface area contributed by atoms with Gasteiger partial charge in [-0.2, -0.15) is 0 Å². The fourth-order valence-electron chi connectivity index (χ4n) is 3.37. The lowest BCUT2D eigenvalue weighted by Gasteiger charge is -2.37. The number of carbonyl (C=O) groups excluding carboxylic acids is 1. The van der Waals surface area contributed by atoms with Crippen LogP contribution < -0.4 is 15.8 Å². The summed E-state index contributed by atoms with van der Waals surface area (Å²) in [5, 5.41) is 3.03. The Morgan fingerprint density at radius 1 is 1.36 bits per heavy atom. The zero-order valence-electron chi connectivity index (χ0n) is 15.4. The Morgan fingerprint density at radius 3 is 2.72 bits per heavy atom. The van der Waals surface area contributed by atoms with Crippen LogP contribution in [0.15, 0.2) is 24.3 Å². The summed E-state index contributed by atoms with van der Waals surface area (Å²) in [7, 11) is 1.69. The second-order valence-corrected chi connectivity index (χ2v) is 6.66. The second kappa shape index (κ2) is 11.3. The number of hydrogen-bond donors (Lipinski definition) is 2. The van der Waals surface area contributed by atoms with Gasteiger partial charge >= 0.3 is 0 Å². The lowest BCUT2D eigenvalue weighted by molar-refractivity contribution is -0.121. The number of likely N-dealkylation sites (tertiary alicyclic amines) is 1. The molecule has 5 nitrogen and oxygen atoms in total. The van der Waals surface area contributed by atoms with E-state index in [0.717, 1.165) is 31.8 Å². The van der Waals surface area contributed by atoms with Gasteiger partial charge in [0.25, 0.3) is 0 Å². The molecule has 1 fully saturated rings. The van der Waals surface area contributed by atoms with E-state index >= 15 is 0 Å². The Balaban J connectivity index is 0.00000312. The molecule has 1 aliphatic rings. The first-order chi connectivity index (χ1) is 11.6. The van der Waals surface area contributed by atoms with Crippen LogP contribution in [0.5, 0.6) is 5.75 Å². The second-order valence-electron chi connectivity index (χ2n) is 6.66. The van der Waals surface area contributed by atoms with Crippen molar-refractivity contribution in [3.05, 3.63) is 29.8 Å². The zero-order chi connectivity index (χ0) is 17.4. The number of rotatable bonds is 8. The minimum Gasteiger partial charge on any atom is -0.497 e. The van der Waals surface area contributed by atoms with Crippen molar-refractivity contribution in [3.63, 3.8) is 0 Å². The van der Waals surface area contributed by atoms with Gasteiger partial charge in [-0.1, -0.05) is 25.5 Å². The SMILES string of the molecule is COc1ccc(C(C)CN2CCCCC2CNC(=O)CCN)cc1.Cl. The lowest BCUT2D eigenvalue weighted by Crippen LogP contribution is -2.48. The average molecular weight is 370 g/mol. The molecule has 2 atom stereocenters. The number of nitrogens with one attached hydrogen (secondary N) is 1. The molecule has 142 valence electrons. The summed E-state index contributed by atoms with van der Waals surface area (Å²) < 4.78 is 5.23. The lowest BCUT2D eigenvalue weighted by atomic mass is 9.96. The molecule has 1 heterocycles. The molecule has 0 saturated carbocycles. The first-order valence-electron chi connectivity index (χ1n) is 8.98. The van der Waals surface area contributed by atoms with Crippen LogP contribution in [0, 0.1) is 0 Å². The molecule has 0 radical (unpaired) electrons. The zero-order valence-corrected chi connectivity index (χ0v) is 16.2. The normalized spacial score (nSPS) is 18.9. The number of nitrogens with two attached hydrogens (primary N) is 1. The van der Waals surface area contributed by atoms with Crippen LogP contribution in [-0.2, 0) is 4.79 Å². The smallest absolute Gasteiger partial charge is 0.221 e. The Bertz CT molecular complexity index is 510. The van der Waals surface area contributed by atoms with E-state index in [2.05, 4.69) is 29.3 Å². The van der Waals surface area contributed by atoms with Gasteiger partial charge in [-0.25, -0.2) is 0 Å². The van der Waals surface area contributed by atoms with Gasteiger partial charge in [-0.15, -0.1) is 12.4 Å². The van der Waals surface area contributed by atoms with Gasteiger partial charge in [0.05, 0.1) is 7.11 Å². The van der Waals surface area contributed by atoms with Crippen molar-refractivity contribution in [2.24, 2.45) is 5.73 Å². The number of hydrogen-bond acceptors (Lipinski definition) is 4. The van der Waals surface area contributed by atoms with E-state index in [0.29, 0.717) is 24.9 Å². The van der Waals surface area contributed by atoms with Gasteiger partial charge in [-0.3, -0.25) is 9.69 Å². The number of piperidine rings is 1. The van der Waals surface area contributed by atoms with Crippen molar-refractivity contribution in [1.29, 1.82) is 0 Å². The molecular weight excluding hydrogens is 338 g/mol. The van der Waals surface area contributed by atoms with Gasteiger partial charge in [0.15, 0.2) is 0 Å². The summed E-state index contributed by atoms with van der Waals surface area (Å²) in [5.74, 6) is 1.41. The van der Waals surface area contributed by atoms with Crippen molar-refractivity contribution < 1.29 is 9.53 Å². The monoisotopic (exact) mass is 369 g/mol. The first kappa shape index (κ1) is 21.7. The first-order valence-corrected chi connectivity index (χ1v) is 8.98. The molecule has 1 aromatic carbocycles. The van der Waals surface area contributed by atoms with E-state index in [1.807, 2.05) is 12.1 Å². The van der Waals surface area contributed by atoms with Crippen LogP contribution in [0.3, 0.4) is 0 Å². The van der Waals surface area contributed by atoms with Crippen molar-refractivity contribution in [3.8, 4) is 5.75 Å². The molecule has 1 amide bonds. The Kier molecular flexibility index (Phi) is 9.86. The minimum absolute atomic E-state index is 0. The highest BCUT2D eigenvalue weighted by Gasteiger charge is 2.24. The number of benzene rings is 1. The summed E-state index contributed by atoms with van der Waals surface area (Å²) >= 11 is 0. The van der Waals surface area contributed by atoms with E-state index in [1.165, 1.54) is 18.4 Å².